The number of benzene rings is 1. The van der Waals surface area contributed by atoms with E-state index in [1.807, 2.05) is 12.3 Å². The number of aromatic nitrogens is 1. The molecule has 0 saturated carbocycles. The van der Waals surface area contributed by atoms with E-state index in [4.69, 9.17) is 4.74 Å². The molecule has 0 spiro atoms. The van der Waals surface area contributed by atoms with Crippen LogP contribution in [-0.4, -0.2) is 18.0 Å². The molecule has 1 amide bonds. The van der Waals surface area contributed by atoms with E-state index in [1.54, 1.807) is 42.7 Å². The lowest BCUT2D eigenvalue weighted by Gasteiger charge is -2.05. The minimum absolute atomic E-state index is 0.125. The molecular formula is C13H14N2O2S. The summed E-state index contributed by atoms with van der Waals surface area (Å²) in [6.07, 6.45) is 0. The molecule has 0 bridgehead atoms. The van der Waals surface area contributed by atoms with Crippen molar-refractivity contribution in [1.29, 1.82) is 0 Å². The predicted molar refractivity (Wildman–Crippen MR) is 71.0 cm³/mol. The Hall–Kier alpha value is -1.88. The lowest BCUT2D eigenvalue weighted by atomic mass is 10.2. The molecule has 0 aliphatic carbocycles. The van der Waals surface area contributed by atoms with Gasteiger partial charge in [-0.3, -0.25) is 4.79 Å². The van der Waals surface area contributed by atoms with Gasteiger partial charge in [0, 0.05) is 10.9 Å². The first-order valence-corrected chi connectivity index (χ1v) is 6.40. The maximum Gasteiger partial charge on any atom is 0.251 e. The molecule has 0 aliphatic rings. The van der Waals surface area contributed by atoms with Gasteiger partial charge in [0.05, 0.1) is 24.4 Å². The first kappa shape index (κ1) is 12.6. The molecule has 5 heteroatoms. The normalized spacial score (nSPS) is 10.1. The topological polar surface area (TPSA) is 51.2 Å². The minimum atomic E-state index is -0.125. The van der Waals surface area contributed by atoms with Crippen LogP contribution in [0, 0.1) is 6.92 Å². The summed E-state index contributed by atoms with van der Waals surface area (Å²) in [4.78, 5) is 16.2. The molecule has 4 nitrogen and oxygen atoms in total. The van der Waals surface area contributed by atoms with Gasteiger partial charge < -0.3 is 10.1 Å². The van der Waals surface area contributed by atoms with Crippen LogP contribution in [0.1, 0.15) is 21.1 Å². The van der Waals surface area contributed by atoms with Crippen molar-refractivity contribution in [3.8, 4) is 5.75 Å². The first-order valence-electron chi connectivity index (χ1n) is 5.52. The zero-order valence-electron chi connectivity index (χ0n) is 10.3. The fourth-order valence-corrected chi connectivity index (χ4v) is 2.14. The lowest BCUT2D eigenvalue weighted by molar-refractivity contribution is 0.0950. The zero-order chi connectivity index (χ0) is 13.0. The van der Waals surface area contributed by atoms with Gasteiger partial charge in [0.25, 0.3) is 5.91 Å². The van der Waals surface area contributed by atoms with Crippen LogP contribution in [0.15, 0.2) is 29.6 Å². The molecule has 0 radical (unpaired) electrons. The van der Waals surface area contributed by atoms with E-state index in [2.05, 4.69) is 10.3 Å². The van der Waals surface area contributed by atoms with Gasteiger partial charge in [-0.05, 0) is 25.1 Å². The van der Waals surface area contributed by atoms with Gasteiger partial charge in [-0.15, -0.1) is 11.3 Å². The molecule has 0 atom stereocenters. The highest BCUT2D eigenvalue weighted by molar-refractivity contribution is 7.09. The monoisotopic (exact) mass is 262 g/mol. The SMILES string of the molecule is COc1cccc(C(=O)NCc2csc(C)n2)c1. The molecule has 1 heterocycles. The smallest absolute Gasteiger partial charge is 0.251 e. The highest BCUT2D eigenvalue weighted by Crippen LogP contribution is 2.13. The average Bonchev–Trinajstić information content (AvgIpc) is 2.82. The number of nitrogens with zero attached hydrogens (tertiary/aromatic N) is 1. The quantitative estimate of drug-likeness (QED) is 0.920. The van der Waals surface area contributed by atoms with Crippen molar-refractivity contribution in [3.63, 3.8) is 0 Å². The zero-order valence-corrected chi connectivity index (χ0v) is 11.1. The number of ether oxygens (including phenoxy) is 1. The second kappa shape index (κ2) is 5.64. The van der Waals surface area contributed by atoms with Gasteiger partial charge in [0.15, 0.2) is 0 Å². The lowest BCUT2D eigenvalue weighted by Crippen LogP contribution is -2.22. The molecule has 18 heavy (non-hydrogen) atoms. The maximum absolute atomic E-state index is 11.9. The maximum atomic E-state index is 11.9. The third kappa shape index (κ3) is 3.07. The second-order valence-corrected chi connectivity index (χ2v) is 4.83. The van der Waals surface area contributed by atoms with E-state index in [1.165, 1.54) is 0 Å². The molecule has 1 aromatic heterocycles. The van der Waals surface area contributed by atoms with Gasteiger partial charge in [-0.1, -0.05) is 6.07 Å². The number of nitrogens with one attached hydrogen (secondary N) is 1. The van der Waals surface area contributed by atoms with Crippen LogP contribution in [0.2, 0.25) is 0 Å². The summed E-state index contributed by atoms with van der Waals surface area (Å²) in [5, 5.41) is 5.78. The first-order chi connectivity index (χ1) is 8.69. The Balaban J connectivity index is 1.99. The summed E-state index contributed by atoms with van der Waals surface area (Å²) in [7, 11) is 1.58. The minimum Gasteiger partial charge on any atom is -0.497 e. The van der Waals surface area contributed by atoms with E-state index in [0.717, 1.165) is 10.7 Å². The second-order valence-electron chi connectivity index (χ2n) is 3.77. The summed E-state index contributed by atoms with van der Waals surface area (Å²) < 4.78 is 5.08. The Morgan fingerprint density at radius 2 is 2.33 bits per heavy atom. The standard InChI is InChI=1S/C13H14N2O2S/c1-9-15-11(8-18-9)7-14-13(16)10-4-3-5-12(6-10)17-2/h3-6,8H,7H2,1-2H3,(H,14,16). The Kier molecular flexibility index (Phi) is 3.94. The van der Waals surface area contributed by atoms with Gasteiger partial charge >= 0.3 is 0 Å². The molecule has 2 rings (SSSR count). The fraction of sp³-hybridized carbons (Fsp3) is 0.231. The summed E-state index contributed by atoms with van der Waals surface area (Å²) in [5.41, 5.74) is 1.47. The molecule has 0 fully saturated rings. The number of methoxy groups -OCH3 is 1. The fourth-order valence-electron chi connectivity index (χ4n) is 1.53. The van der Waals surface area contributed by atoms with Crippen molar-refractivity contribution in [2.24, 2.45) is 0 Å². The number of carbonyl (C=O) groups is 1. The molecule has 94 valence electrons. The molecular weight excluding hydrogens is 248 g/mol. The third-order valence-corrected chi connectivity index (χ3v) is 3.25. The van der Waals surface area contributed by atoms with Crippen molar-refractivity contribution >= 4 is 17.2 Å². The molecule has 1 aromatic carbocycles. The highest BCUT2D eigenvalue weighted by Gasteiger charge is 2.07. The number of carbonyl (C=O) groups excluding carboxylic acids is 1. The van der Waals surface area contributed by atoms with Crippen LogP contribution in [0.3, 0.4) is 0 Å². The summed E-state index contributed by atoms with van der Waals surface area (Å²) >= 11 is 1.58. The van der Waals surface area contributed by atoms with E-state index < -0.39 is 0 Å². The number of rotatable bonds is 4. The van der Waals surface area contributed by atoms with E-state index in [0.29, 0.717) is 17.9 Å². The molecule has 1 N–H and O–H groups in total. The van der Waals surface area contributed by atoms with Crippen LogP contribution in [0.4, 0.5) is 0 Å². The van der Waals surface area contributed by atoms with Crippen molar-refractivity contribution in [2.45, 2.75) is 13.5 Å². The number of aryl methyl sites for hydroxylation is 1. The van der Waals surface area contributed by atoms with E-state index in [-0.39, 0.29) is 5.91 Å². The van der Waals surface area contributed by atoms with Crippen molar-refractivity contribution in [3.05, 3.63) is 45.9 Å². The number of thiazole rings is 1. The van der Waals surface area contributed by atoms with Gasteiger partial charge in [-0.25, -0.2) is 4.98 Å². The van der Waals surface area contributed by atoms with Crippen LogP contribution in [0.25, 0.3) is 0 Å². The van der Waals surface area contributed by atoms with E-state index in [9.17, 15) is 4.79 Å². The summed E-state index contributed by atoms with van der Waals surface area (Å²) in [6, 6.07) is 7.06. The van der Waals surface area contributed by atoms with Gasteiger partial charge in [0.1, 0.15) is 5.75 Å². The Morgan fingerprint density at radius 1 is 1.50 bits per heavy atom. The Labute approximate surface area is 110 Å². The number of hydrogen-bond acceptors (Lipinski definition) is 4. The molecule has 0 saturated heterocycles. The van der Waals surface area contributed by atoms with Crippen LogP contribution in [0.5, 0.6) is 5.75 Å². The molecule has 2 aromatic rings. The van der Waals surface area contributed by atoms with Gasteiger partial charge in [0.2, 0.25) is 0 Å². The third-order valence-electron chi connectivity index (χ3n) is 2.43. The highest BCUT2D eigenvalue weighted by atomic mass is 32.1. The predicted octanol–water partition coefficient (Wildman–Crippen LogP) is 2.39. The van der Waals surface area contributed by atoms with Crippen LogP contribution < -0.4 is 10.1 Å². The summed E-state index contributed by atoms with van der Waals surface area (Å²) in [6.45, 7) is 2.39. The number of amides is 1. The largest absolute Gasteiger partial charge is 0.497 e. The number of hydrogen-bond donors (Lipinski definition) is 1. The van der Waals surface area contributed by atoms with Crippen LogP contribution in [-0.2, 0) is 6.54 Å². The van der Waals surface area contributed by atoms with Gasteiger partial charge in [-0.2, -0.15) is 0 Å². The van der Waals surface area contributed by atoms with Crippen molar-refractivity contribution < 1.29 is 9.53 Å². The molecule has 0 aliphatic heterocycles. The van der Waals surface area contributed by atoms with E-state index >= 15 is 0 Å². The Bertz CT molecular complexity index is 551. The average molecular weight is 262 g/mol. The summed E-state index contributed by atoms with van der Waals surface area (Å²) in [5.74, 6) is 0.548. The molecule has 0 unspecified atom stereocenters. The van der Waals surface area contributed by atoms with Crippen molar-refractivity contribution in [1.82, 2.24) is 10.3 Å². The van der Waals surface area contributed by atoms with Crippen molar-refractivity contribution in [2.75, 3.05) is 7.11 Å². The van der Waals surface area contributed by atoms with Crippen LogP contribution >= 0.6 is 11.3 Å². The Morgan fingerprint density at radius 3 is 3.00 bits per heavy atom.